The summed E-state index contributed by atoms with van der Waals surface area (Å²) in [5.74, 6) is 0.376. The Hall–Kier alpha value is -1.71. The number of halogens is 1. The van der Waals surface area contributed by atoms with Crippen LogP contribution in [0, 0.1) is 18.8 Å². The maximum absolute atomic E-state index is 10.5. The molecule has 7 atom stereocenters. The summed E-state index contributed by atoms with van der Waals surface area (Å²) in [6, 6.07) is 10.3. The van der Waals surface area contributed by atoms with Gasteiger partial charge < -0.3 is 34.6 Å². The number of hydrogen-bond acceptors (Lipinski definition) is 7. The molecule has 2 aromatic rings. The van der Waals surface area contributed by atoms with Gasteiger partial charge in [-0.15, -0.1) is 0 Å². The molecule has 1 saturated heterocycles. The van der Waals surface area contributed by atoms with Crippen molar-refractivity contribution in [2.24, 2.45) is 11.8 Å². The second-order valence-electron chi connectivity index (χ2n) is 11.4. The number of fused-ring (bicyclic) bond motifs is 1. The molecule has 4 rings (SSSR count). The summed E-state index contributed by atoms with van der Waals surface area (Å²) in [7, 11) is 1.67. The van der Waals surface area contributed by atoms with Crippen LogP contribution in [0.3, 0.4) is 0 Å². The summed E-state index contributed by atoms with van der Waals surface area (Å²) in [6.07, 6.45) is -4.33. The van der Waals surface area contributed by atoms with Crippen molar-refractivity contribution in [2.45, 2.75) is 70.1 Å². The summed E-state index contributed by atoms with van der Waals surface area (Å²) >= 11 is 6.61. The summed E-state index contributed by atoms with van der Waals surface area (Å²) in [4.78, 5) is 0. The SMILES string of the molecule is COc1ccc([C@@H]2c3cc(Cl)c(C)cc3C[C@H](CO)[C@H]2CO[C@@H]2OC[C@@H](O)[C@H](O)[C@H]2O)cc1C(C)(C)C. The molecule has 37 heavy (non-hydrogen) atoms. The van der Waals surface area contributed by atoms with Crippen LogP contribution < -0.4 is 4.74 Å². The van der Waals surface area contributed by atoms with Gasteiger partial charge in [0.2, 0.25) is 0 Å². The van der Waals surface area contributed by atoms with Crippen molar-refractivity contribution in [3.8, 4) is 5.75 Å². The minimum Gasteiger partial charge on any atom is -0.496 e. The lowest BCUT2D eigenvalue weighted by Crippen LogP contribution is -2.54. The van der Waals surface area contributed by atoms with Gasteiger partial charge in [-0.05, 0) is 70.5 Å². The summed E-state index contributed by atoms with van der Waals surface area (Å²) in [6.45, 7) is 8.40. The van der Waals surface area contributed by atoms with Crippen LogP contribution in [0.25, 0.3) is 0 Å². The number of hydrogen-bond donors (Lipinski definition) is 4. The molecule has 1 aliphatic heterocycles. The molecule has 1 aliphatic carbocycles. The molecule has 1 heterocycles. The van der Waals surface area contributed by atoms with Crippen LogP contribution >= 0.6 is 11.6 Å². The molecule has 0 amide bonds. The Kier molecular flexibility index (Phi) is 8.56. The fraction of sp³-hybridized carbons (Fsp3) is 0.586. The molecule has 0 spiro atoms. The maximum atomic E-state index is 10.5. The fourth-order valence-electron chi connectivity index (χ4n) is 5.66. The first-order chi connectivity index (χ1) is 17.5. The molecule has 0 bridgehead atoms. The number of aryl methyl sites for hydroxylation is 1. The molecule has 2 aliphatic rings. The van der Waals surface area contributed by atoms with Gasteiger partial charge in [0, 0.05) is 17.5 Å². The first-order valence-electron chi connectivity index (χ1n) is 12.8. The lowest BCUT2D eigenvalue weighted by Gasteiger charge is -2.42. The highest BCUT2D eigenvalue weighted by molar-refractivity contribution is 6.31. The summed E-state index contributed by atoms with van der Waals surface area (Å²) in [5.41, 5.74) is 5.17. The second kappa shape index (κ2) is 11.2. The maximum Gasteiger partial charge on any atom is 0.186 e. The topological polar surface area (TPSA) is 109 Å². The van der Waals surface area contributed by atoms with Gasteiger partial charge in [0.15, 0.2) is 6.29 Å². The minimum atomic E-state index is -1.38. The highest BCUT2D eigenvalue weighted by atomic mass is 35.5. The van der Waals surface area contributed by atoms with E-state index in [4.69, 9.17) is 25.8 Å². The molecule has 1 fully saturated rings. The molecule has 0 radical (unpaired) electrons. The fourth-order valence-corrected chi connectivity index (χ4v) is 5.83. The van der Waals surface area contributed by atoms with E-state index in [1.807, 2.05) is 19.1 Å². The Balaban J connectivity index is 1.77. The Morgan fingerprint density at radius 3 is 2.46 bits per heavy atom. The van der Waals surface area contributed by atoms with E-state index in [1.165, 1.54) is 0 Å². The van der Waals surface area contributed by atoms with Gasteiger partial charge >= 0.3 is 0 Å². The third-order valence-corrected chi connectivity index (χ3v) is 8.21. The monoisotopic (exact) mass is 534 g/mol. The molecular formula is C29H39ClO7. The predicted octanol–water partition coefficient (Wildman–Crippen LogP) is 3.32. The quantitative estimate of drug-likeness (QED) is 0.450. The molecule has 0 unspecified atom stereocenters. The second-order valence-corrected chi connectivity index (χ2v) is 11.8. The first-order valence-corrected chi connectivity index (χ1v) is 13.2. The Bertz CT molecular complexity index is 1100. The molecule has 0 saturated carbocycles. The predicted molar refractivity (Wildman–Crippen MR) is 141 cm³/mol. The average molecular weight is 535 g/mol. The van der Waals surface area contributed by atoms with E-state index in [9.17, 15) is 20.4 Å². The minimum absolute atomic E-state index is 0.0384. The highest BCUT2D eigenvalue weighted by Crippen LogP contribution is 2.47. The van der Waals surface area contributed by atoms with Gasteiger partial charge in [-0.25, -0.2) is 0 Å². The Morgan fingerprint density at radius 2 is 1.81 bits per heavy atom. The molecule has 8 heteroatoms. The number of aliphatic hydroxyl groups excluding tert-OH is 4. The van der Waals surface area contributed by atoms with Crippen molar-refractivity contribution in [3.05, 3.63) is 63.2 Å². The Morgan fingerprint density at radius 1 is 1.08 bits per heavy atom. The zero-order valence-electron chi connectivity index (χ0n) is 22.1. The van der Waals surface area contributed by atoms with E-state index >= 15 is 0 Å². The zero-order valence-corrected chi connectivity index (χ0v) is 22.9. The van der Waals surface area contributed by atoms with Crippen molar-refractivity contribution in [1.82, 2.24) is 0 Å². The van der Waals surface area contributed by atoms with Crippen molar-refractivity contribution < 1.29 is 34.6 Å². The molecule has 0 aromatic heterocycles. The van der Waals surface area contributed by atoms with Gasteiger partial charge in [0.25, 0.3) is 0 Å². The van der Waals surface area contributed by atoms with Gasteiger partial charge in [-0.2, -0.15) is 0 Å². The number of benzene rings is 2. The molecule has 4 N–H and O–H groups in total. The normalized spacial score (nSPS) is 30.2. The van der Waals surface area contributed by atoms with Crippen molar-refractivity contribution in [3.63, 3.8) is 0 Å². The highest BCUT2D eigenvalue weighted by Gasteiger charge is 2.42. The van der Waals surface area contributed by atoms with Crippen molar-refractivity contribution >= 4 is 11.6 Å². The molecular weight excluding hydrogens is 496 g/mol. The van der Waals surface area contributed by atoms with E-state index < -0.39 is 24.6 Å². The van der Waals surface area contributed by atoms with Gasteiger partial charge in [-0.3, -0.25) is 0 Å². The van der Waals surface area contributed by atoms with Crippen LogP contribution in [-0.4, -0.2) is 72.0 Å². The largest absolute Gasteiger partial charge is 0.496 e. The molecule has 2 aromatic carbocycles. The third-order valence-electron chi connectivity index (χ3n) is 7.80. The van der Waals surface area contributed by atoms with Gasteiger partial charge in [-0.1, -0.05) is 50.6 Å². The summed E-state index contributed by atoms with van der Waals surface area (Å²) < 4.78 is 17.2. The smallest absolute Gasteiger partial charge is 0.186 e. The van der Waals surface area contributed by atoms with E-state index in [-0.39, 0.29) is 43.0 Å². The van der Waals surface area contributed by atoms with Crippen LogP contribution in [0.1, 0.15) is 54.5 Å². The van der Waals surface area contributed by atoms with Crippen molar-refractivity contribution in [2.75, 3.05) is 26.9 Å². The van der Waals surface area contributed by atoms with Crippen LogP contribution in [0.15, 0.2) is 30.3 Å². The lowest BCUT2D eigenvalue weighted by molar-refractivity contribution is -0.274. The third kappa shape index (κ3) is 5.69. The van der Waals surface area contributed by atoms with E-state index in [1.54, 1.807) is 7.11 Å². The average Bonchev–Trinajstić information content (AvgIpc) is 2.86. The Labute approximate surface area is 224 Å². The molecule has 7 nitrogen and oxygen atoms in total. The van der Waals surface area contributed by atoms with Crippen LogP contribution in [0.4, 0.5) is 0 Å². The number of ether oxygens (including phenoxy) is 3. The van der Waals surface area contributed by atoms with Crippen molar-refractivity contribution in [1.29, 1.82) is 0 Å². The van der Waals surface area contributed by atoms with Crippen LogP contribution in [-0.2, 0) is 21.3 Å². The van der Waals surface area contributed by atoms with Crippen LogP contribution in [0.2, 0.25) is 5.02 Å². The number of rotatable bonds is 6. The van der Waals surface area contributed by atoms with E-state index in [0.29, 0.717) is 11.4 Å². The van der Waals surface area contributed by atoms with E-state index in [2.05, 4.69) is 39.0 Å². The van der Waals surface area contributed by atoms with E-state index in [0.717, 1.165) is 33.6 Å². The van der Waals surface area contributed by atoms with Gasteiger partial charge in [0.1, 0.15) is 24.1 Å². The number of aliphatic hydroxyl groups is 4. The lowest BCUT2D eigenvalue weighted by atomic mass is 9.66. The van der Waals surface area contributed by atoms with Crippen LogP contribution in [0.5, 0.6) is 5.75 Å². The standard InChI is InChI=1S/C29H39ClO7/c1-15-8-17-9-18(12-31)20(13-36-28-27(34)26(33)23(32)14-37-28)25(19(17)11-22(15)30)16-6-7-24(35-5)21(10-16)29(2,3)4/h6-8,10-11,18,20,23,25-28,31-34H,9,12-14H2,1-5H3/t18-,20-,23-,25-,26+,27-,28-/m1/s1. The first kappa shape index (κ1) is 28.3. The zero-order chi connectivity index (χ0) is 27.1. The summed E-state index contributed by atoms with van der Waals surface area (Å²) in [5, 5.41) is 41.4. The molecule has 204 valence electrons. The van der Waals surface area contributed by atoms with Gasteiger partial charge in [0.05, 0.1) is 20.3 Å². The number of methoxy groups -OCH3 is 1.